The molecular weight excluding hydrogens is 805 g/mol. The minimum Gasteiger partial charge on any atom is -0.334 e. The lowest BCUT2D eigenvalue weighted by Gasteiger charge is -2.21. The van der Waals surface area contributed by atoms with Gasteiger partial charge in [-0.05, 0) is 66.6 Å². The van der Waals surface area contributed by atoms with Gasteiger partial charge in [0.15, 0.2) is 0 Å². The predicted octanol–water partition coefficient (Wildman–Crippen LogP) is 14.7. The normalized spacial score (nSPS) is 15.5. The topological polar surface area (TPSA) is 45.5 Å². The molecule has 66 heavy (non-hydrogen) atoms. The third kappa shape index (κ3) is 5.42. The van der Waals surface area contributed by atoms with Crippen molar-refractivity contribution in [3.05, 3.63) is 230 Å². The van der Waals surface area contributed by atoms with Crippen LogP contribution in [0.5, 0.6) is 0 Å². The summed E-state index contributed by atoms with van der Waals surface area (Å²) in [7, 11) is 0. The molecule has 0 bridgehead atoms. The molecule has 14 aromatic rings. The summed E-state index contributed by atoms with van der Waals surface area (Å²) in [5.41, 5.74) is 5.29. The molecule has 14 rings (SSSR count). The molecule has 0 aliphatic carbocycles. The van der Waals surface area contributed by atoms with Crippen LogP contribution < -0.4 is 0 Å². The van der Waals surface area contributed by atoms with Gasteiger partial charge in [0.05, 0.1) is 79.9 Å². The fraction of sp³-hybridized carbons (Fsp3) is 0.0333. The number of fused-ring (bicyclic) bond motifs is 12. The summed E-state index contributed by atoms with van der Waals surface area (Å²) >= 11 is 0. The number of hydrogen-bond acceptors (Lipinski definition) is 2. The molecule has 5 aromatic heterocycles. The molecule has 0 aliphatic rings. The second kappa shape index (κ2) is 14.4. The van der Waals surface area contributed by atoms with Crippen molar-refractivity contribution in [2.24, 2.45) is 0 Å². The number of hydrogen-bond donors (Lipinski definition) is 0. The average Bonchev–Trinajstić information content (AvgIpc) is 2.62. The van der Waals surface area contributed by atoms with Crippen molar-refractivity contribution in [3.63, 3.8) is 0 Å². The molecule has 9 aromatic carbocycles. The summed E-state index contributed by atoms with van der Waals surface area (Å²) in [5, 5.41) is 3.36. The second-order valence-corrected chi connectivity index (χ2v) is 16.1. The van der Waals surface area contributed by atoms with E-state index in [-0.39, 0.29) is 67.4 Å². The smallest absolute Gasteiger partial charge is 0.149 e. The van der Waals surface area contributed by atoms with Gasteiger partial charge in [0.25, 0.3) is 0 Å². The zero-order valence-electron chi connectivity index (χ0n) is 50.6. The van der Waals surface area contributed by atoms with Crippen molar-refractivity contribution in [3.8, 4) is 22.6 Å². The Kier molecular flexibility index (Phi) is 5.31. The Balaban J connectivity index is 1.15. The summed E-state index contributed by atoms with van der Waals surface area (Å²) in [4.78, 5) is 10.6. The van der Waals surface area contributed by atoms with Crippen LogP contribution in [0.2, 0.25) is 0 Å². The third-order valence-electron chi connectivity index (χ3n) is 12.6. The molecule has 0 saturated heterocycles. The maximum absolute atomic E-state index is 9.34. The van der Waals surface area contributed by atoms with Crippen LogP contribution >= 0.6 is 0 Å². The zero-order chi connectivity index (χ0) is 57.2. The molecule has 6 nitrogen and oxygen atoms in total. The van der Waals surface area contributed by atoms with Gasteiger partial charge in [0, 0.05) is 70.7 Å². The first-order valence-electron chi connectivity index (χ1n) is 29.4. The molecule has 0 saturated carbocycles. The predicted molar refractivity (Wildman–Crippen MR) is 273 cm³/mol. The number of rotatable bonds is 7. The van der Waals surface area contributed by atoms with Crippen molar-refractivity contribution in [1.29, 1.82) is 0 Å². The van der Waals surface area contributed by atoms with Gasteiger partial charge in [-0.1, -0.05) is 151 Å². The van der Waals surface area contributed by atoms with Crippen molar-refractivity contribution < 1.29 is 21.9 Å². The van der Waals surface area contributed by atoms with E-state index in [4.69, 9.17) is 26.4 Å². The Morgan fingerprint density at radius 3 is 1.12 bits per heavy atom. The Morgan fingerprint density at radius 2 is 0.712 bits per heavy atom. The van der Waals surface area contributed by atoms with E-state index >= 15 is 0 Å². The van der Waals surface area contributed by atoms with E-state index in [2.05, 4.69) is 33.4 Å². The molecule has 0 unspecified atom stereocenters. The largest absolute Gasteiger partial charge is 0.334 e. The summed E-state index contributed by atoms with van der Waals surface area (Å²) in [6.07, 6.45) is 0. The molecule has 0 aliphatic heterocycles. The molecule has 310 valence electrons. The van der Waals surface area contributed by atoms with Gasteiger partial charge in [0.2, 0.25) is 0 Å². The Labute approximate surface area is 401 Å². The van der Waals surface area contributed by atoms with E-state index in [1.54, 1.807) is 6.07 Å². The Hall–Kier alpha value is -8.74. The van der Waals surface area contributed by atoms with Crippen LogP contribution in [-0.4, -0.2) is 28.2 Å². The second-order valence-electron chi connectivity index (χ2n) is 16.1. The van der Waals surface area contributed by atoms with Crippen molar-refractivity contribution in [2.75, 3.05) is 0 Å². The first-order chi connectivity index (χ1) is 39.4. The van der Waals surface area contributed by atoms with E-state index in [9.17, 15) is 5.48 Å². The molecule has 0 fully saturated rings. The Morgan fingerprint density at radius 1 is 0.348 bits per heavy atom. The summed E-state index contributed by atoms with van der Waals surface area (Å²) in [6, 6.07) is 30.8. The van der Waals surface area contributed by atoms with E-state index in [1.165, 1.54) is 9.13 Å². The minimum absolute atomic E-state index is 0.0270. The molecular formula is C60H40N6. The highest BCUT2D eigenvalue weighted by molar-refractivity contribution is 6.12. The van der Waals surface area contributed by atoms with Crippen molar-refractivity contribution in [1.82, 2.24) is 28.2 Å². The maximum atomic E-state index is 9.34. The molecule has 5 heterocycles. The van der Waals surface area contributed by atoms with Gasteiger partial charge in [0.1, 0.15) is 5.82 Å². The van der Waals surface area contributed by atoms with Gasteiger partial charge < -0.3 is 18.3 Å². The standard InChI is InChI=1S/C60H40N6/c1-9-26-49-40(18-1)41-19-2-10-27-50(41)63(49)37-39-36-48(62-59(61-39)38-64-51-28-11-3-20-42(51)43-21-4-12-29-52(43)64)60-57(65-53-30-13-5-22-44(53)45-23-6-14-31-54(45)65)34-17-35-58(60)66-55-32-15-7-24-46(55)47-25-8-16-33-56(47)66/h1-36H,37-38H2/i1D,2D,3D,4D,9D,10D,11D,12D,18D,19D,20D,21D,26D,27D,28D,29D. The summed E-state index contributed by atoms with van der Waals surface area (Å²) < 4.78 is 151. The molecule has 0 N–H and O–H groups in total. The number of para-hydroxylation sites is 8. The van der Waals surface area contributed by atoms with E-state index in [1.807, 2.05) is 91.0 Å². The van der Waals surface area contributed by atoms with E-state index < -0.39 is 103 Å². The summed E-state index contributed by atoms with van der Waals surface area (Å²) in [5.74, 6) is -0.0270. The van der Waals surface area contributed by atoms with Crippen LogP contribution in [0, 0.1) is 0 Å². The van der Waals surface area contributed by atoms with Crippen LogP contribution in [-0.2, 0) is 13.1 Å². The third-order valence-corrected chi connectivity index (χ3v) is 12.6. The molecule has 0 amide bonds. The van der Waals surface area contributed by atoms with Crippen LogP contribution in [0.4, 0.5) is 0 Å². The number of nitrogens with zero attached hydrogens (tertiary/aromatic N) is 6. The highest BCUT2D eigenvalue weighted by atomic mass is 15.1. The lowest BCUT2D eigenvalue weighted by molar-refractivity contribution is 0.757. The summed E-state index contributed by atoms with van der Waals surface area (Å²) in [6.45, 7) is -0.846. The highest BCUT2D eigenvalue weighted by Gasteiger charge is 2.24. The minimum atomic E-state index is -0.608. The van der Waals surface area contributed by atoms with Crippen LogP contribution in [0.15, 0.2) is 218 Å². The average molecular weight is 861 g/mol. The van der Waals surface area contributed by atoms with Gasteiger partial charge in [-0.3, -0.25) is 0 Å². The molecule has 6 heteroatoms. The monoisotopic (exact) mass is 860 g/mol. The quantitative estimate of drug-likeness (QED) is 0.160. The molecule has 0 spiro atoms. The van der Waals surface area contributed by atoms with E-state index in [0.717, 1.165) is 43.6 Å². The van der Waals surface area contributed by atoms with Crippen LogP contribution in [0.25, 0.3) is 110 Å². The van der Waals surface area contributed by atoms with Crippen LogP contribution in [0.3, 0.4) is 0 Å². The van der Waals surface area contributed by atoms with Gasteiger partial charge in [-0.2, -0.15) is 0 Å². The maximum Gasteiger partial charge on any atom is 0.149 e. The molecule has 0 radical (unpaired) electrons. The SMILES string of the molecule is [2H]c1c([2H])c([2H])c2c(c1[2H])c1c([2H])c([2H])c([2H])c([2H])c1n2Cc1cc(-c2c(-n3c4ccccc4c4ccccc43)cccc2-n2c3ccccc3c3ccccc32)nc(Cn2c3c([2H])c([2H])c([2H])c([2H])c3c3c([2H])c([2H])c([2H])c([2H])c32)n1. The number of benzene rings is 9. The number of aromatic nitrogens is 6. The zero-order valence-corrected chi connectivity index (χ0v) is 34.6. The first-order valence-corrected chi connectivity index (χ1v) is 21.4. The van der Waals surface area contributed by atoms with Gasteiger partial charge in [-0.15, -0.1) is 0 Å². The van der Waals surface area contributed by atoms with E-state index in [0.29, 0.717) is 16.9 Å². The van der Waals surface area contributed by atoms with Crippen LogP contribution in [0.1, 0.15) is 33.5 Å². The van der Waals surface area contributed by atoms with Gasteiger partial charge in [-0.25, -0.2) is 9.97 Å². The van der Waals surface area contributed by atoms with Crippen molar-refractivity contribution >= 4 is 87.2 Å². The lowest BCUT2D eigenvalue weighted by atomic mass is 10.0. The highest BCUT2D eigenvalue weighted by Crippen LogP contribution is 2.42. The fourth-order valence-corrected chi connectivity index (χ4v) is 9.96. The first kappa shape index (κ1) is 24.4. The lowest BCUT2D eigenvalue weighted by Crippen LogP contribution is -2.11. The van der Waals surface area contributed by atoms with Gasteiger partial charge >= 0.3 is 0 Å². The fourth-order valence-electron chi connectivity index (χ4n) is 9.96. The molecule has 0 atom stereocenters. The Bertz CT molecular complexity index is 4640. The van der Waals surface area contributed by atoms with Crippen molar-refractivity contribution in [2.45, 2.75) is 13.1 Å².